The van der Waals surface area contributed by atoms with Gasteiger partial charge in [0.2, 0.25) is 5.78 Å². The number of Topliss-reactive ketones (excluding diaryl/α,β-unsaturated/α-hetero) is 1. The molecule has 0 amide bonds. The highest BCUT2D eigenvalue weighted by atomic mass is 35.5. The van der Waals surface area contributed by atoms with Gasteiger partial charge in [0.05, 0.1) is 6.07 Å². The first-order valence-electron chi connectivity index (χ1n) is 5.17. The Kier molecular flexibility index (Phi) is 3.89. The zero-order valence-electron chi connectivity index (χ0n) is 9.36. The third kappa shape index (κ3) is 2.78. The van der Waals surface area contributed by atoms with Gasteiger partial charge in [-0.05, 0) is 41.4 Å². The van der Waals surface area contributed by atoms with Crippen LogP contribution in [-0.2, 0) is 0 Å². The van der Waals surface area contributed by atoms with Gasteiger partial charge in [0.1, 0.15) is 11.7 Å². The summed E-state index contributed by atoms with van der Waals surface area (Å²) in [5.41, 5.74) is 0.225. The van der Waals surface area contributed by atoms with E-state index in [0.717, 1.165) is 12.1 Å². The van der Waals surface area contributed by atoms with Crippen molar-refractivity contribution in [2.24, 2.45) is 0 Å². The van der Waals surface area contributed by atoms with Crippen molar-refractivity contribution in [1.82, 2.24) is 0 Å². The Balaban J connectivity index is 2.40. The summed E-state index contributed by atoms with van der Waals surface area (Å²) >= 11 is 11.4. The van der Waals surface area contributed by atoms with Gasteiger partial charge < -0.3 is 4.42 Å². The number of hydrogen-bond donors (Lipinski definition) is 0. The number of benzene rings is 1. The van der Waals surface area contributed by atoms with Gasteiger partial charge in [-0.25, -0.2) is 4.39 Å². The number of halogens is 3. The van der Waals surface area contributed by atoms with Gasteiger partial charge in [-0.1, -0.05) is 17.7 Å². The van der Waals surface area contributed by atoms with Crippen LogP contribution in [0, 0.1) is 17.1 Å². The van der Waals surface area contributed by atoms with E-state index in [0.29, 0.717) is 0 Å². The summed E-state index contributed by atoms with van der Waals surface area (Å²) < 4.78 is 17.9. The third-order valence-electron chi connectivity index (χ3n) is 2.48. The number of hydrogen-bond acceptors (Lipinski definition) is 3. The smallest absolute Gasteiger partial charge is 0.219 e. The van der Waals surface area contributed by atoms with Gasteiger partial charge in [0.15, 0.2) is 11.0 Å². The minimum Gasteiger partial charge on any atom is -0.442 e. The SMILES string of the molecule is N#CC(C(=O)c1ccc(Cl)o1)c1ccc(F)cc1Cl. The van der Waals surface area contributed by atoms with Crippen molar-refractivity contribution in [2.75, 3.05) is 0 Å². The van der Waals surface area contributed by atoms with E-state index in [1.807, 2.05) is 6.07 Å². The molecule has 0 aliphatic rings. The number of nitrogens with zero attached hydrogens (tertiary/aromatic N) is 1. The number of furan rings is 1. The molecule has 0 spiro atoms. The summed E-state index contributed by atoms with van der Waals surface area (Å²) in [5.74, 6) is -2.34. The zero-order valence-corrected chi connectivity index (χ0v) is 10.9. The van der Waals surface area contributed by atoms with Crippen LogP contribution >= 0.6 is 23.2 Å². The standard InChI is InChI=1S/C13H6Cl2FNO2/c14-10-5-7(16)1-2-8(10)9(6-17)13(18)11-3-4-12(15)19-11/h1-5,9H. The van der Waals surface area contributed by atoms with Crippen LogP contribution in [-0.4, -0.2) is 5.78 Å². The third-order valence-corrected chi connectivity index (χ3v) is 3.01. The molecule has 0 fully saturated rings. The van der Waals surface area contributed by atoms with E-state index < -0.39 is 17.5 Å². The molecule has 6 heteroatoms. The highest BCUT2D eigenvalue weighted by Gasteiger charge is 2.26. The average Bonchev–Trinajstić information content (AvgIpc) is 2.79. The molecule has 0 radical (unpaired) electrons. The predicted octanol–water partition coefficient (Wildman–Crippen LogP) is 4.22. The van der Waals surface area contributed by atoms with Gasteiger partial charge in [-0.3, -0.25) is 4.79 Å². The lowest BCUT2D eigenvalue weighted by Crippen LogP contribution is -2.11. The molecule has 1 aromatic heterocycles. The second-order valence-electron chi connectivity index (χ2n) is 3.70. The Hall–Kier alpha value is -1.83. The molecule has 1 atom stereocenters. The van der Waals surface area contributed by atoms with E-state index >= 15 is 0 Å². The second kappa shape index (κ2) is 5.43. The minimum atomic E-state index is -1.17. The van der Waals surface area contributed by atoms with E-state index in [1.54, 1.807) is 0 Å². The van der Waals surface area contributed by atoms with Gasteiger partial charge in [-0.2, -0.15) is 5.26 Å². The molecule has 1 unspecified atom stereocenters. The molecule has 0 aliphatic heterocycles. The van der Waals surface area contributed by atoms with Crippen LogP contribution in [0.25, 0.3) is 0 Å². The van der Waals surface area contributed by atoms with E-state index in [4.69, 9.17) is 32.9 Å². The van der Waals surface area contributed by atoms with Crippen molar-refractivity contribution in [3.8, 4) is 6.07 Å². The lowest BCUT2D eigenvalue weighted by atomic mass is 9.95. The van der Waals surface area contributed by atoms with Crippen LogP contribution in [0.2, 0.25) is 10.2 Å². The molecule has 0 N–H and O–H groups in total. The van der Waals surface area contributed by atoms with E-state index in [-0.39, 0.29) is 21.6 Å². The molecule has 19 heavy (non-hydrogen) atoms. The Morgan fingerprint density at radius 2 is 2.05 bits per heavy atom. The van der Waals surface area contributed by atoms with Crippen molar-refractivity contribution < 1.29 is 13.6 Å². The first-order valence-corrected chi connectivity index (χ1v) is 5.92. The Bertz CT molecular complexity index is 676. The van der Waals surface area contributed by atoms with E-state index in [2.05, 4.69) is 0 Å². The Labute approximate surface area is 118 Å². The van der Waals surface area contributed by atoms with E-state index in [1.165, 1.54) is 18.2 Å². The van der Waals surface area contributed by atoms with Crippen LogP contribution < -0.4 is 0 Å². The molecule has 0 saturated heterocycles. The quantitative estimate of drug-likeness (QED) is 0.797. The topological polar surface area (TPSA) is 54.0 Å². The molecule has 0 saturated carbocycles. The number of ketones is 1. The molecule has 1 heterocycles. The Morgan fingerprint density at radius 1 is 1.32 bits per heavy atom. The zero-order chi connectivity index (χ0) is 14.0. The van der Waals surface area contributed by atoms with Crippen LogP contribution in [0.1, 0.15) is 22.0 Å². The first kappa shape index (κ1) is 13.6. The highest BCUT2D eigenvalue weighted by Crippen LogP contribution is 2.29. The molecular weight excluding hydrogens is 292 g/mol. The summed E-state index contributed by atoms with van der Waals surface area (Å²) in [6.07, 6.45) is 0. The van der Waals surface area contributed by atoms with Crippen molar-refractivity contribution in [2.45, 2.75) is 5.92 Å². The maximum absolute atomic E-state index is 13.0. The lowest BCUT2D eigenvalue weighted by Gasteiger charge is -2.08. The normalized spacial score (nSPS) is 11.9. The summed E-state index contributed by atoms with van der Waals surface area (Å²) in [6, 6.07) is 8.07. The van der Waals surface area contributed by atoms with Gasteiger partial charge >= 0.3 is 0 Å². The molecule has 2 aromatic rings. The number of rotatable bonds is 3. The van der Waals surface area contributed by atoms with Crippen LogP contribution in [0.3, 0.4) is 0 Å². The number of carbonyl (C=O) groups excluding carboxylic acids is 1. The van der Waals surface area contributed by atoms with Crippen molar-refractivity contribution in [3.63, 3.8) is 0 Å². The number of nitriles is 1. The fraction of sp³-hybridized carbons (Fsp3) is 0.0769. The van der Waals surface area contributed by atoms with Gasteiger partial charge in [-0.15, -0.1) is 0 Å². The maximum Gasteiger partial charge on any atom is 0.219 e. The highest BCUT2D eigenvalue weighted by molar-refractivity contribution is 6.32. The molecule has 1 aromatic carbocycles. The monoisotopic (exact) mass is 297 g/mol. The van der Waals surface area contributed by atoms with Crippen molar-refractivity contribution >= 4 is 29.0 Å². The molecule has 96 valence electrons. The molecule has 3 nitrogen and oxygen atoms in total. The predicted molar refractivity (Wildman–Crippen MR) is 67.8 cm³/mol. The van der Waals surface area contributed by atoms with Gasteiger partial charge in [0.25, 0.3) is 0 Å². The first-order chi connectivity index (χ1) is 9.02. The average molecular weight is 298 g/mol. The molecule has 0 bridgehead atoms. The second-order valence-corrected chi connectivity index (χ2v) is 4.48. The summed E-state index contributed by atoms with van der Waals surface area (Å²) in [5, 5.41) is 9.17. The van der Waals surface area contributed by atoms with Crippen molar-refractivity contribution in [1.29, 1.82) is 5.26 Å². The number of carbonyl (C=O) groups is 1. The summed E-state index contributed by atoms with van der Waals surface area (Å²) in [6.45, 7) is 0. The van der Waals surface area contributed by atoms with Crippen LogP contribution in [0.15, 0.2) is 34.7 Å². The minimum absolute atomic E-state index is 0.0116. The summed E-state index contributed by atoms with van der Waals surface area (Å²) in [7, 11) is 0. The molecule has 0 aliphatic carbocycles. The fourth-order valence-corrected chi connectivity index (χ4v) is 2.02. The van der Waals surface area contributed by atoms with Crippen LogP contribution in [0.4, 0.5) is 4.39 Å². The summed E-state index contributed by atoms with van der Waals surface area (Å²) in [4.78, 5) is 12.1. The van der Waals surface area contributed by atoms with Crippen molar-refractivity contribution in [3.05, 3.63) is 57.7 Å². The van der Waals surface area contributed by atoms with E-state index in [9.17, 15) is 9.18 Å². The fourth-order valence-electron chi connectivity index (χ4n) is 1.59. The largest absolute Gasteiger partial charge is 0.442 e. The molecular formula is C13H6Cl2FNO2. The Morgan fingerprint density at radius 3 is 2.58 bits per heavy atom. The molecule has 2 rings (SSSR count). The van der Waals surface area contributed by atoms with Crippen LogP contribution in [0.5, 0.6) is 0 Å². The lowest BCUT2D eigenvalue weighted by molar-refractivity contribution is 0.0952. The van der Waals surface area contributed by atoms with Gasteiger partial charge in [0, 0.05) is 5.02 Å². The maximum atomic E-state index is 13.0.